The predicted octanol–water partition coefficient (Wildman–Crippen LogP) is 7.26. The summed E-state index contributed by atoms with van der Waals surface area (Å²) in [5.41, 5.74) is 0. The molecule has 0 saturated carbocycles. The first-order chi connectivity index (χ1) is 13.7. The van der Waals surface area contributed by atoms with Gasteiger partial charge in [-0.2, -0.15) is 0 Å². The standard InChI is InChI=1S/C24H48N2O2/c1-3-5-7-9-11-13-15-17-19-21-23(27)26-24(28)25-22-20-18-16-14-12-10-8-6-4-2/h3-22H2,1-2H3,(H2,25,26,27,28). The number of amides is 3. The number of imide groups is 1. The Morgan fingerprint density at radius 2 is 0.929 bits per heavy atom. The molecule has 0 spiro atoms. The molecule has 0 aromatic rings. The van der Waals surface area contributed by atoms with Gasteiger partial charge in [-0.05, 0) is 12.8 Å². The Morgan fingerprint density at radius 3 is 1.39 bits per heavy atom. The van der Waals surface area contributed by atoms with Gasteiger partial charge in [0.05, 0.1) is 0 Å². The Bertz CT molecular complexity index is 359. The Hall–Kier alpha value is -1.06. The fraction of sp³-hybridized carbons (Fsp3) is 0.917. The molecule has 4 nitrogen and oxygen atoms in total. The van der Waals surface area contributed by atoms with Gasteiger partial charge in [0.25, 0.3) is 0 Å². The molecule has 0 aliphatic rings. The third-order valence-electron chi connectivity index (χ3n) is 5.33. The molecule has 0 aliphatic heterocycles. The number of urea groups is 1. The number of carbonyl (C=O) groups is 2. The molecular formula is C24H48N2O2. The highest BCUT2D eigenvalue weighted by Crippen LogP contribution is 2.11. The van der Waals surface area contributed by atoms with E-state index in [1.807, 2.05) is 0 Å². The van der Waals surface area contributed by atoms with Gasteiger partial charge < -0.3 is 5.32 Å². The molecule has 0 saturated heterocycles. The molecule has 166 valence electrons. The molecule has 0 fully saturated rings. The van der Waals surface area contributed by atoms with Crippen molar-refractivity contribution in [3.63, 3.8) is 0 Å². The molecule has 0 aromatic heterocycles. The van der Waals surface area contributed by atoms with E-state index >= 15 is 0 Å². The lowest BCUT2D eigenvalue weighted by atomic mass is 10.1. The first-order valence-electron chi connectivity index (χ1n) is 12.3. The van der Waals surface area contributed by atoms with E-state index < -0.39 is 0 Å². The zero-order valence-corrected chi connectivity index (χ0v) is 19.0. The van der Waals surface area contributed by atoms with Gasteiger partial charge in [0.15, 0.2) is 0 Å². The lowest BCUT2D eigenvalue weighted by Gasteiger charge is -2.07. The number of carbonyl (C=O) groups excluding carboxylic acids is 2. The second-order valence-corrected chi connectivity index (χ2v) is 8.21. The van der Waals surface area contributed by atoms with Crippen molar-refractivity contribution >= 4 is 11.9 Å². The van der Waals surface area contributed by atoms with Gasteiger partial charge in [-0.25, -0.2) is 4.79 Å². The second kappa shape index (κ2) is 22.2. The molecule has 0 heterocycles. The first kappa shape index (κ1) is 26.9. The topological polar surface area (TPSA) is 58.2 Å². The number of hydrogen-bond donors (Lipinski definition) is 2. The highest BCUT2D eigenvalue weighted by molar-refractivity contribution is 5.94. The van der Waals surface area contributed by atoms with Crippen LogP contribution in [0.2, 0.25) is 0 Å². The van der Waals surface area contributed by atoms with Crippen molar-refractivity contribution in [1.82, 2.24) is 10.6 Å². The smallest absolute Gasteiger partial charge is 0.321 e. The molecule has 0 aliphatic carbocycles. The molecule has 3 amide bonds. The largest absolute Gasteiger partial charge is 0.338 e. The average Bonchev–Trinajstić information content (AvgIpc) is 2.68. The van der Waals surface area contributed by atoms with Crippen LogP contribution >= 0.6 is 0 Å². The maximum absolute atomic E-state index is 11.8. The van der Waals surface area contributed by atoms with E-state index in [1.54, 1.807) is 0 Å². The highest BCUT2D eigenvalue weighted by atomic mass is 16.2. The zero-order valence-electron chi connectivity index (χ0n) is 19.0. The van der Waals surface area contributed by atoms with Crippen LogP contribution in [0.25, 0.3) is 0 Å². The van der Waals surface area contributed by atoms with E-state index in [0.717, 1.165) is 25.7 Å². The molecule has 0 aromatic carbocycles. The normalized spacial score (nSPS) is 10.8. The van der Waals surface area contributed by atoms with E-state index in [2.05, 4.69) is 24.5 Å². The maximum Gasteiger partial charge on any atom is 0.321 e. The van der Waals surface area contributed by atoms with E-state index in [4.69, 9.17) is 0 Å². The minimum atomic E-state index is -0.333. The van der Waals surface area contributed by atoms with Crippen molar-refractivity contribution < 1.29 is 9.59 Å². The van der Waals surface area contributed by atoms with Crippen LogP contribution in [0.1, 0.15) is 136 Å². The molecule has 0 bridgehead atoms. The van der Waals surface area contributed by atoms with Crippen molar-refractivity contribution in [3.05, 3.63) is 0 Å². The molecule has 0 atom stereocenters. The molecule has 0 unspecified atom stereocenters. The van der Waals surface area contributed by atoms with E-state index in [9.17, 15) is 9.59 Å². The monoisotopic (exact) mass is 396 g/mol. The Morgan fingerprint density at radius 1 is 0.536 bits per heavy atom. The molecule has 2 N–H and O–H groups in total. The third-order valence-corrected chi connectivity index (χ3v) is 5.33. The van der Waals surface area contributed by atoms with Gasteiger partial charge >= 0.3 is 6.03 Å². The van der Waals surface area contributed by atoms with Crippen LogP contribution < -0.4 is 10.6 Å². The zero-order chi connectivity index (χ0) is 20.7. The van der Waals surface area contributed by atoms with Crippen molar-refractivity contribution in [1.29, 1.82) is 0 Å². The summed E-state index contributed by atoms with van der Waals surface area (Å²) in [5.74, 6) is -0.146. The van der Waals surface area contributed by atoms with Crippen molar-refractivity contribution in [2.24, 2.45) is 0 Å². The van der Waals surface area contributed by atoms with Crippen molar-refractivity contribution in [2.45, 2.75) is 136 Å². The fourth-order valence-corrected chi connectivity index (χ4v) is 3.47. The minimum absolute atomic E-state index is 0.146. The van der Waals surface area contributed by atoms with E-state index in [0.29, 0.717) is 13.0 Å². The van der Waals surface area contributed by atoms with Crippen LogP contribution in [0.3, 0.4) is 0 Å². The van der Waals surface area contributed by atoms with Crippen LogP contribution in [0.4, 0.5) is 4.79 Å². The molecule has 0 radical (unpaired) electrons. The number of nitrogens with one attached hydrogen (secondary N) is 2. The summed E-state index contributed by atoms with van der Waals surface area (Å²) >= 11 is 0. The number of hydrogen-bond acceptors (Lipinski definition) is 2. The van der Waals surface area contributed by atoms with Gasteiger partial charge in [0.2, 0.25) is 5.91 Å². The average molecular weight is 397 g/mol. The van der Waals surface area contributed by atoms with Gasteiger partial charge in [-0.1, -0.05) is 117 Å². The minimum Gasteiger partial charge on any atom is -0.338 e. The van der Waals surface area contributed by atoms with Gasteiger partial charge in [-0.15, -0.1) is 0 Å². The number of rotatable bonds is 20. The lowest BCUT2D eigenvalue weighted by molar-refractivity contribution is -0.120. The summed E-state index contributed by atoms with van der Waals surface area (Å²) in [6.45, 7) is 5.14. The quantitative estimate of drug-likeness (QED) is 0.213. The van der Waals surface area contributed by atoms with Crippen LogP contribution in [0.15, 0.2) is 0 Å². The molecule has 0 rings (SSSR count). The summed E-state index contributed by atoms with van der Waals surface area (Å²) in [6.07, 6.45) is 22.9. The summed E-state index contributed by atoms with van der Waals surface area (Å²) < 4.78 is 0. The van der Waals surface area contributed by atoms with Gasteiger partial charge in [0.1, 0.15) is 0 Å². The van der Waals surface area contributed by atoms with Crippen LogP contribution in [-0.2, 0) is 4.79 Å². The second-order valence-electron chi connectivity index (χ2n) is 8.21. The van der Waals surface area contributed by atoms with Crippen molar-refractivity contribution in [3.8, 4) is 0 Å². The third kappa shape index (κ3) is 21.2. The summed E-state index contributed by atoms with van der Waals surface area (Å²) in [4.78, 5) is 23.5. The Labute approximate surface area is 175 Å². The molecule has 4 heteroatoms. The Balaban J connectivity index is 3.32. The highest BCUT2D eigenvalue weighted by Gasteiger charge is 2.06. The van der Waals surface area contributed by atoms with Crippen LogP contribution in [-0.4, -0.2) is 18.5 Å². The summed E-state index contributed by atoms with van der Waals surface area (Å²) in [7, 11) is 0. The lowest BCUT2D eigenvalue weighted by Crippen LogP contribution is -2.39. The SMILES string of the molecule is CCCCCCCCCCCNC(=O)NC(=O)CCCCCCCCCCC. The first-order valence-corrected chi connectivity index (χ1v) is 12.3. The molecular weight excluding hydrogens is 348 g/mol. The van der Waals surface area contributed by atoms with E-state index in [-0.39, 0.29) is 11.9 Å². The van der Waals surface area contributed by atoms with Gasteiger partial charge in [-0.3, -0.25) is 10.1 Å². The number of unbranched alkanes of at least 4 members (excludes halogenated alkanes) is 16. The maximum atomic E-state index is 11.8. The summed E-state index contributed by atoms with van der Waals surface area (Å²) in [6, 6.07) is -0.333. The van der Waals surface area contributed by atoms with Gasteiger partial charge in [0, 0.05) is 13.0 Å². The van der Waals surface area contributed by atoms with E-state index in [1.165, 1.54) is 89.9 Å². The predicted molar refractivity (Wildman–Crippen MR) is 121 cm³/mol. The Kier molecular flexibility index (Phi) is 21.4. The molecule has 28 heavy (non-hydrogen) atoms. The van der Waals surface area contributed by atoms with Crippen LogP contribution in [0, 0.1) is 0 Å². The fourth-order valence-electron chi connectivity index (χ4n) is 3.47. The van der Waals surface area contributed by atoms with Crippen molar-refractivity contribution in [2.75, 3.05) is 6.54 Å². The summed E-state index contributed by atoms with van der Waals surface area (Å²) in [5, 5.41) is 5.24. The van der Waals surface area contributed by atoms with Crippen LogP contribution in [0.5, 0.6) is 0 Å².